The molecule has 6 heteroatoms. The molecule has 2 aromatic rings. The van der Waals surface area contributed by atoms with Gasteiger partial charge in [0.1, 0.15) is 5.00 Å². The number of rotatable bonds is 8. The van der Waals surface area contributed by atoms with Gasteiger partial charge in [0, 0.05) is 16.2 Å². The number of benzene rings is 1. The van der Waals surface area contributed by atoms with Gasteiger partial charge in [-0.1, -0.05) is 17.7 Å². The van der Waals surface area contributed by atoms with Gasteiger partial charge in [-0.05, 0) is 69.4 Å². The molecule has 0 aliphatic heterocycles. The van der Waals surface area contributed by atoms with Crippen molar-refractivity contribution >= 4 is 40.0 Å². The molecule has 3 rings (SSSR count). The fourth-order valence-corrected chi connectivity index (χ4v) is 5.47. The van der Waals surface area contributed by atoms with Crippen LogP contribution in [0, 0.1) is 6.92 Å². The lowest BCUT2D eigenvalue weighted by atomic mass is 9.95. The molecule has 0 atom stereocenters. The highest BCUT2D eigenvalue weighted by atomic mass is 32.2. The Morgan fingerprint density at radius 1 is 1.18 bits per heavy atom. The minimum atomic E-state index is -0.313. The average Bonchev–Trinajstić information content (AvgIpc) is 3.04. The largest absolute Gasteiger partial charge is 0.462 e. The first-order valence-corrected chi connectivity index (χ1v) is 11.7. The van der Waals surface area contributed by atoms with Crippen molar-refractivity contribution in [3.63, 3.8) is 0 Å². The number of carbonyl (C=O) groups excluding carboxylic acids is 2. The lowest BCUT2D eigenvalue weighted by Crippen LogP contribution is -2.15. The van der Waals surface area contributed by atoms with E-state index in [1.807, 2.05) is 0 Å². The van der Waals surface area contributed by atoms with Gasteiger partial charge in [0.25, 0.3) is 0 Å². The Bertz CT molecular complexity index is 827. The summed E-state index contributed by atoms with van der Waals surface area (Å²) < 4.78 is 5.24. The monoisotopic (exact) mass is 417 g/mol. The van der Waals surface area contributed by atoms with Crippen LogP contribution in [0.4, 0.5) is 5.00 Å². The number of hydrogen-bond acceptors (Lipinski definition) is 5. The molecule has 28 heavy (non-hydrogen) atoms. The van der Waals surface area contributed by atoms with Crippen molar-refractivity contribution in [2.75, 3.05) is 17.7 Å². The van der Waals surface area contributed by atoms with Crippen LogP contribution in [0.3, 0.4) is 0 Å². The van der Waals surface area contributed by atoms with Gasteiger partial charge in [-0.3, -0.25) is 4.79 Å². The van der Waals surface area contributed by atoms with Crippen molar-refractivity contribution in [1.29, 1.82) is 0 Å². The van der Waals surface area contributed by atoms with Gasteiger partial charge in [0.2, 0.25) is 5.91 Å². The molecule has 0 spiro atoms. The molecule has 0 fully saturated rings. The van der Waals surface area contributed by atoms with Crippen molar-refractivity contribution in [3.05, 3.63) is 45.8 Å². The number of nitrogens with one attached hydrogen (secondary N) is 1. The van der Waals surface area contributed by atoms with Crippen molar-refractivity contribution < 1.29 is 14.3 Å². The molecule has 0 saturated carbocycles. The van der Waals surface area contributed by atoms with E-state index in [0.29, 0.717) is 23.6 Å². The maximum absolute atomic E-state index is 12.5. The van der Waals surface area contributed by atoms with Gasteiger partial charge in [0.15, 0.2) is 0 Å². The summed E-state index contributed by atoms with van der Waals surface area (Å²) in [4.78, 5) is 27.3. The predicted octanol–water partition coefficient (Wildman–Crippen LogP) is 5.62. The van der Waals surface area contributed by atoms with Crippen LogP contribution >= 0.6 is 23.1 Å². The maximum Gasteiger partial charge on any atom is 0.341 e. The molecule has 4 nitrogen and oxygen atoms in total. The number of anilines is 1. The average molecular weight is 418 g/mol. The number of amides is 1. The Hall–Kier alpha value is -1.79. The number of thiophene rings is 1. The van der Waals surface area contributed by atoms with Crippen LogP contribution in [-0.2, 0) is 22.4 Å². The van der Waals surface area contributed by atoms with Crippen molar-refractivity contribution in [2.45, 2.75) is 57.3 Å². The Kier molecular flexibility index (Phi) is 7.57. The molecule has 1 aliphatic rings. The first-order chi connectivity index (χ1) is 13.6. The predicted molar refractivity (Wildman–Crippen MR) is 117 cm³/mol. The van der Waals surface area contributed by atoms with Crippen LogP contribution in [0.5, 0.6) is 0 Å². The van der Waals surface area contributed by atoms with E-state index >= 15 is 0 Å². The number of thioether (sulfide) groups is 1. The molecule has 1 N–H and O–H groups in total. The summed E-state index contributed by atoms with van der Waals surface area (Å²) in [5, 5.41) is 3.65. The molecule has 0 unspecified atom stereocenters. The molecule has 0 radical (unpaired) electrons. The SMILES string of the molecule is CCOC(=O)c1c(NC(=O)CCCSc2ccc(C)cc2)sc2c1CCCC2. The third-order valence-electron chi connectivity index (χ3n) is 4.74. The molecule has 0 saturated heterocycles. The highest BCUT2D eigenvalue weighted by molar-refractivity contribution is 7.99. The summed E-state index contributed by atoms with van der Waals surface area (Å²) in [6.45, 7) is 4.22. The van der Waals surface area contributed by atoms with E-state index in [2.05, 4.69) is 36.5 Å². The highest BCUT2D eigenvalue weighted by Crippen LogP contribution is 2.38. The maximum atomic E-state index is 12.5. The minimum absolute atomic E-state index is 0.0337. The quantitative estimate of drug-likeness (QED) is 0.344. The van der Waals surface area contributed by atoms with Crippen LogP contribution < -0.4 is 5.32 Å². The van der Waals surface area contributed by atoms with Gasteiger partial charge in [-0.25, -0.2) is 4.79 Å². The highest BCUT2D eigenvalue weighted by Gasteiger charge is 2.27. The minimum Gasteiger partial charge on any atom is -0.462 e. The number of aryl methyl sites for hydroxylation is 2. The molecule has 0 bridgehead atoms. The summed E-state index contributed by atoms with van der Waals surface area (Å²) >= 11 is 3.31. The van der Waals surface area contributed by atoms with Gasteiger partial charge in [-0.15, -0.1) is 23.1 Å². The molecule has 1 aromatic heterocycles. The van der Waals surface area contributed by atoms with Crippen LogP contribution in [0.1, 0.15) is 59.0 Å². The first-order valence-electron chi connectivity index (χ1n) is 9.89. The molecule has 150 valence electrons. The van der Waals surface area contributed by atoms with Crippen LogP contribution in [0.2, 0.25) is 0 Å². The fourth-order valence-electron chi connectivity index (χ4n) is 3.32. The van der Waals surface area contributed by atoms with Gasteiger partial charge in [0.05, 0.1) is 12.2 Å². The summed E-state index contributed by atoms with van der Waals surface area (Å²) in [6.07, 6.45) is 5.34. The van der Waals surface area contributed by atoms with Crippen LogP contribution in [0.15, 0.2) is 29.2 Å². The van der Waals surface area contributed by atoms with Gasteiger partial charge < -0.3 is 10.1 Å². The normalized spacial score (nSPS) is 13.1. The third-order valence-corrected chi connectivity index (χ3v) is 7.05. The first kappa shape index (κ1) is 20.9. The topological polar surface area (TPSA) is 55.4 Å². The van der Waals surface area contributed by atoms with Crippen LogP contribution in [-0.4, -0.2) is 24.2 Å². The summed E-state index contributed by atoms with van der Waals surface area (Å²) in [5.41, 5.74) is 2.92. The summed E-state index contributed by atoms with van der Waals surface area (Å²) in [6, 6.07) is 8.43. The van der Waals surface area contributed by atoms with Gasteiger partial charge >= 0.3 is 5.97 Å². The molecule has 1 amide bonds. The summed E-state index contributed by atoms with van der Waals surface area (Å²) in [7, 11) is 0. The summed E-state index contributed by atoms with van der Waals surface area (Å²) in [5.74, 6) is 0.545. The zero-order valence-electron chi connectivity index (χ0n) is 16.5. The Balaban J connectivity index is 1.56. The molecular weight excluding hydrogens is 390 g/mol. The molecular formula is C22H27NO3S2. The lowest BCUT2D eigenvalue weighted by molar-refractivity contribution is -0.116. The molecule has 1 heterocycles. The van der Waals surface area contributed by atoms with Crippen molar-refractivity contribution in [3.8, 4) is 0 Å². The second kappa shape index (κ2) is 10.1. The third kappa shape index (κ3) is 5.39. The second-order valence-electron chi connectivity index (χ2n) is 6.95. The van der Waals surface area contributed by atoms with E-state index < -0.39 is 0 Å². The Morgan fingerprint density at radius 3 is 2.68 bits per heavy atom. The number of ether oxygens (including phenoxy) is 1. The second-order valence-corrected chi connectivity index (χ2v) is 9.22. The number of esters is 1. The lowest BCUT2D eigenvalue weighted by Gasteiger charge is -2.12. The van der Waals surface area contributed by atoms with E-state index in [9.17, 15) is 9.59 Å². The zero-order valence-corrected chi connectivity index (χ0v) is 18.1. The van der Waals surface area contributed by atoms with E-state index in [1.54, 1.807) is 30.0 Å². The van der Waals surface area contributed by atoms with Gasteiger partial charge in [-0.2, -0.15) is 0 Å². The fraction of sp³-hybridized carbons (Fsp3) is 0.455. The zero-order chi connectivity index (χ0) is 19.9. The Morgan fingerprint density at radius 2 is 1.93 bits per heavy atom. The van der Waals surface area contributed by atoms with Crippen molar-refractivity contribution in [1.82, 2.24) is 0 Å². The molecule has 1 aliphatic carbocycles. The number of carbonyl (C=O) groups is 2. The van der Waals surface area contributed by atoms with E-state index in [-0.39, 0.29) is 11.9 Å². The van der Waals surface area contributed by atoms with Crippen LogP contribution in [0.25, 0.3) is 0 Å². The standard InChI is InChI=1S/C22H27NO3S2/c1-3-26-22(25)20-17-7-4-5-8-18(17)28-21(20)23-19(24)9-6-14-27-16-12-10-15(2)11-13-16/h10-13H,3-9,14H2,1-2H3,(H,23,24). The number of hydrogen-bond donors (Lipinski definition) is 1. The smallest absolute Gasteiger partial charge is 0.341 e. The van der Waals surface area contributed by atoms with E-state index in [1.165, 1.54) is 15.3 Å². The van der Waals surface area contributed by atoms with Crippen molar-refractivity contribution in [2.24, 2.45) is 0 Å². The Labute approximate surface area is 175 Å². The van der Waals surface area contributed by atoms with E-state index in [4.69, 9.17) is 4.74 Å². The van der Waals surface area contributed by atoms with E-state index in [0.717, 1.165) is 43.4 Å². The number of fused-ring (bicyclic) bond motifs is 1. The molecule has 1 aromatic carbocycles.